The highest BCUT2D eigenvalue weighted by Crippen LogP contribution is 2.29. The average Bonchev–Trinajstić information content (AvgIpc) is 3.11. The molecule has 1 N–H and O–H groups in total. The molecule has 0 aliphatic rings. The van der Waals surface area contributed by atoms with Crippen molar-refractivity contribution in [3.8, 4) is 0 Å². The highest BCUT2D eigenvalue weighted by atomic mass is 19.4. The molecule has 0 bridgehead atoms. The Kier molecular flexibility index (Phi) is 8.46. The van der Waals surface area contributed by atoms with E-state index in [0.717, 1.165) is 48.3 Å². The number of rotatable bonds is 10. The van der Waals surface area contributed by atoms with E-state index >= 15 is 0 Å². The molecular weight excluding hydrogens is 375 g/mol. The molecule has 2 aromatic rings. The average molecular weight is 403 g/mol. The predicted molar refractivity (Wildman–Crippen MR) is 112 cm³/mol. The van der Waals surface area contributed by atoms with Crippen LogP contribution < -0.4 is 5.32 Å². The number of imidazole rings is 1. The fraction of sp³-hybridized carbons (Fsp3) is 0.348. The van der Waals surface area contributed by atoms with Crippen molar-refractivity contribution in [2.75, 3.05) is 13.1 Å². The molecule has 1 heterocycles. The molecule has 0 atom stereocenters. The van der Waals surface area contributed by atoms with Crippen LogP contribution >= 0.6 is 0 Å². The van der Waals surface area contributed by atoms with E-state index in [0.29, 0.717) is 13.0 Å². The minimum atomic E-state index is -4.29. The van der Waals surface area contributed by atoms with Gasteiger partial charge in [0.1, 0.15) is 0 Å². The van der Waals surface area contributed by atoms with Crippen LogP contribution in [0.4, 0.5) is 13.2 Å². The van der Waals surface area contributed by atoms with Crippen LogP contribution in [0.3, 0.4) is 0 Å². The van der Waals surface area contributed by atoms with E-state index in [-0.39, 0.29) is 0 Å². The Labute approximate surface area is 170 Å². The lowest BCUT2D eigenvalue weighted by atomic mass is 9.98. The number of halogens is 3. The third kappa shape index (κ3) is 7.06. The zero-order valence-corrected chi connectivity index (χ0v) is 17.0. The topological polar surface area (TPSA) is 29.9 Å². The number of aryl methyl sites for hydroxylation is 1. The summed E-state index contributed by atoms with van der Waals surface area (Å²) in [6.45, 7) is 7.27. The van der Waals surface area contributed by atoms with Gasteiger partial charge in [0.2, 0.25) is 0 Å². The van der Waals surface area contributed by atoms with E-state index in [9.17, 15) is 13.2 Å². The maximum Gasteiger partial charge on any atom is 0.416 e. The number of benzene rings is 1. The third-order valence-electron chi connectivity index (χ3n) is 4.59. The van der Waals surface area contributed by atoms with Gasteiger partial charge < -0.3 is 9.88 Å². The van der Waals surface area contributed by atoms with Crippen LogP contribution in [0.25, 0.3) is 5.57 Å². The van der Waals surface area contributed by atoms with Crippen LogP contribution in [0.2, 0.25) is 0 Å². The number of nitrogens with one attached hydrogen (secondary N) is 1. The summed E-state index contributed by atoms with van der Waals surface area (Å²) in [5.41, 5.74) is 3.52. The minimum Gasteiger partial charge on any atom is -0.340 e. The molecule has 0 spiro atoms. The van der Waals surface area contributed by atoms with Crippen molar-refractivity contribution in [2.24, 2.45) is 7.05 Å². The molecule has 1 aromatic heterocycles. The first-order valence-electron chi connectivity index (χ1n) is 9.67. The standard InChI is InChI=1S/C23H28F3N3/c1-4-6-7-19(21(5-2)22-16-29(3)17-28-22)13-15-27-14-12-18-8-10-20(11-9-18)23(24,25)26/h4-5,7-11,16-17,27H,1,6,12-15H2,2-3H3/b19-7-,21-5+. The molecule has 29 heavy (non-hydrogen) atoms. The van der Waals surface area contributed by atoms with Crippen LogP contribution in [-0.2, 0) is 19.6 Å². The zero-order chi connectivity index (χ0) is 21.3. The van der Waals surface area contributed by atoms with E-state index in [2.05, 4.69) is 29.0 Å². The summed E-state index contributed by atoms with van der Waals surface area (Å²) in [4.78, 5) is 4.45. The lowest BCUT2D eigenvalue weighted by Crippen LogP contribution is -2.19. The van der Waals surface area contributed by atoms with Crippen LogP contribution in [0.5, 0.6) is 0 Å². The Bertz CT molecular complexity index is 843. The summed E-state index contributed by atoms with van der Waals surface area (Å²) in [5.74, 6) is 0. The van der Waals surface area contributed by atoms with Crippen molar-refractivity contribution in [1.29, 1.82) is 0 Å². The highest BCUT2D eigenvalue weighted by molar-refractivity contribution is 5.76. The van der Waals surface area contributed by atoms with E-state index in [1.54, 1.807) is 18.5 Å². The molecule has 1 aromatic carbocycles. The molecule has 0 saturated carbocycles. The fourth-order valence-corrected chi connectivity index (χ4v) is 3.06. The van der Waals surface area contributed by atoms with Gasteiger partial charge >= 0.3 is 6.18 Å². The SMILES string of the molecule is C=CC/C=C(CCNCCc1ccc(C(F)(F)F)cc1)\C(=C/C)c1cn(C)cn1. The number of aromatic nitrogens is 2. The largest absolute Gasteiger partial charge is 0.416 e. The maximum absolute atomic E-state index is 12.6. The van der Waals surface area contributed by atoms with Gasteiger partial charge in [0.05, 0.1) is 17.6 Å². The first kappa shape index (κ1) is 22.7. The highest BCUT2D eigenvalue weighted by Gasteiger charge is 2.29. The van der Waals surface area contributed by atoms with Gasteiger partial charge in [-0.25, -0.2) is 4.98 Å². The van der Waals surface area contributed by atoms with Gasteiger partial charge in [0.25, 0.3) is 0 Å². The normalized spacial score (nSPS) is 13.0. The monoisotopic (exact) mass is 403 g/mol. The summed E-state index contributed by atoms with van der Waals surface area (Å²) < 4.78 is 39.8. The molecule has 0 amide bonds. The van der Waals surface area contributed by atoms with E-state index in [1.165, 1.54) is 5.57 Å². The van der Waals surface area contributed by atoms with E-state index in [4.69, 9.17) is 0 Å². The number of hydrogen-bond acceptors (Lipinski definition) is 2. The number of hydrogen-bond donors (Lipinski definition) is 1. The van der Waals surface area contributed by atoms with Gasteiger partial charge in [-0.1, -0.05) is 30.4 Å². The summed E-state index contributed by atoms with van der Waals surface area (Å²) in [6.07, 6.45) is 7.88. The molecule has 0 saturated heterocycles. The summed E-state index contributed by atoms with van der Waals surface area (Å²) in [5, 5.41) is 3.38. The molecule has 0 unspecified atom stereocenters. The van der Waals surface area contributed by atoms with Crippen molar-refractivity contribution >= 4 is 5.57 Å². The molecule has 0 fully saturated rings. The molecular formula is C23H28F3N3. The number of nitrogens with zero attached hydrogens (tertiary/aromatic N) is 2. The van der Waals surface area contributed by atoms with Gasteiger partial charge in [-0.05, 0) is 62.5 Å². The molecule has 0 aliphatic carbocycles. The van der Waals surface area contributed by atoms with Gasteiger partial charge in [0.15, 0.2) is 0 Å². The Morgan fingerprint density at radius 3 is 2.48 bits per heavy atom. The van der Waals surface area contributed by atoms with Crippen molar-refractivity contribution in [1.82, 2.24) is 14.9 Å². The van der Waals surface area contributed by atoms with E-state index < -0.39 is 11.7 Å². The Balaban J connectivity index is 1.88. The van der Waals surface area contributed by atoms with Crippen LogP contribution in [-0.4, -0.2) is 22.6 Å². The summed E-state index contributed by atoms with van der Waals surface area (Å²) in [6, 6.07) is 5.35. The van der Waals surface area contributed by atoms with Gasteiger partial charge in [0, 0.05) is 18.8 Å². The quantitative estimate of drug-likeness (QED) is 0.319. The maximum atomic E-state index is 12.6. The fourth-order valence-electron chi connectivity index (χ4n) is 3.06. The number of allylic oxidation sites excluding steroid dienone is 4. The van der Waals surface area contributed by atoms with Gasteiger partial charge in [-0.3, -0.25) is 0 Å². The lowest BCUT2D eigenvalue weighted by Gasteiger charge is -2.12. The predicted octanol–water partition coefficient (Wildman–Crippen LogP) is 5.57. The first-order chi connectivity index (χ1) is 13.8. The molecule has 3 nitrogen and oxygen atoms in total. The molecule has 0 radical (unpaired) electrons. The zero-order valence-electron chi connectivity index (χ0n) is 17.0. The van der Waals surface area contributed by atoms with Gasteiger partial charge in [-0.2, -0.15) is 13.2 Å². The molecule has 6 heteroatoms. The van der Waals surface area contributed by atoms with Crippen LogP contribution in [0.1, 0.15) is 36.6 Å². The Hall–Kier alpha value is -2.60. The molecule has 156 valence electrons. The summed E-state index contributed by atoms with van der Waals surface area (Å²) in [7, 11) is 1.94. The van der Waals surface area contributed by atoms with Crippen LogP contribution in [0, 0.1) is 0 Å². The second-order valence-corrected chi connectivity index (χ2v) is 6.83. The van der Waals surface area contributed by atoms with Crippen molar-refractivity contribution in [2.45, 2.75) is 32.4 Å². The minimum absolute atomic E-state index is 0.611. The first-order valence-corrected chi connectivity index (χ1v) is 9.67. The van der Waals surface area contributed by atoms with Crippen molar-refractivity contribution in [3.63, 3.8) is 0 Å². The van der Waals surface area contributed by atoms with Crippen molar-refractivity contribution < 1.29 is 13.2 Å². The third-order valence-corrected chi connectivity index (χ3v) is 4.59. The molecule has 2 rings (SSSR count). The second kappa shape index (κ2) is 10.8. The van der Waals surface area contributed by atoms with E-state index in [1.807, 2.05) is 30.8 Å². The van der Waals surface area contributed by atoms with Crippen LogP contribution in [0.15, 0.2) is 67.2 Å². The van der Waals surface area contributed by atoms with Crippen molar-refractivity contribution in [3.05, 3.63) is 84.0 Å². The number of alkyl halides is 3. The summed E-state index contributed by atoms with van der Waals surface area (Å²) >= 11 is 0. The Morgan fingerprint density at radius 2 is 1.93 bits per heavy atom. The second-order valence-electron chi connectivity index (χ2n) is 6.83. The molecule has 0 aliphatic heterocycles. The van der Waals surface area contributed by atoms with Gasteiger partial charge in [-0.15, -0.1) is 6.58 Å². The lowest BCUT2D eigenvalue weighted by molar-refractivity contribution is -0.137. The smallest absolute Gasteiger partial charge is 0.340 e. The Morgan fingerprint density at radius 1 is 1.21 bits per heavy atom.